The Morgan fingerprint density at radius 1 is 1.28 bits per heavy atom. The van der Waals surface area contributed by atoms with Gasteiger partial charge in [0.05, 0.1) is 37.8 Å². The Hall–Kier alpha value is -3.57. The van der Waals surface area contributed by atoms with E-state index in [1.54, 1.807) is 6.92 Å². The summed E-state index contributed by atoms with van der Waals surface area (Å²) in [6.45, 7) is 8.05. The highest BCUT2D eigenvalue weighted by Gasteiger charge is 2.34. The number of fused-ring (bicyclic) bond motifs is 1. The maximum Gasteiger partial charge on any atom is 0.338 e. The molecule has 0 aliphatic carbocycles. The number of nitrogens with zero attached hydrogens (tertiary/aromatic N) is 3. The minimum Gasteiger partial charge on any atom is -0.506 e. The summed E-state index contributed by atoms with van der Waals surface area (Å²) in [6, 6.07) is 9.41. The molecule has 2 heterocycles. The zero-order valence-corrected chi connectivity index (χ0v) is 24.3. The Kier molecular flexibility index (Phi) is 8.51. The number of hydrogen-bond donors (Lipinski definition) is 1. The van der Waals surface area contributed by atoms with Crippen LogP contribution in [0.5, 0.6) is 5.75 Å². The molecule has 2 aromatic carbocycles. The molecule has 1 aliphatic rings. The molecule has 204 valence electrons. The number of thiazole rings is 1. The molecule has 0 unspecified atom stereocenters. The fourth-order valence-corrected chi connectivity index (χ4v) is 5.94. The van der Waals surface area contributed by atoms with E-state index in [1.807, 2.05) is 31.2 Å². The molecule has 11 heteroatoms. The van der Waals surface area contributed by atoms with Crippen molar-refractivity contribution in [3.63, 3.8) is 0 Å². The lowest BCUT2D eigenvalue weighted by Crippen LogP contribution is -2.40. The molecule has 1 atom stereocenters. The maximum atomic E-state index is 13.9. The third-order valence-corrected chi connectivity index (χ3v) is 7.97. The number of nitro benzene ring substituents is 1. The van der Waals surface area contributed by atoms with Crippen LogP contribution in [-0.2, 0) is 9.53 Å². The average molecular weight is 615 g/mol. The number of phenols is 1. The molecule has 3 aromatic rings. The van der Waals surface area contributed by atoms with Crippen molar-refractivity contribution < 1.29 is 19.6 Å². The molecule has 0 spiro atoms. The van der Waals surface area contributed by atoms with Gasteiger partial charge in [0.15, 0.2) is 4.80 Å². The van der Waals surface area contributed by atoms with Crippen LogP contribution in [0.15, 0.2) is 61.9 Å². The van der Waals surface area contributed by atoms with Crippen LogP contribution in [-0.4, -0.2) is 27.2 Å². The largest absolute Gasteiger partial charge is 0.506 e. The number of halogens is 1. The van der Waals surface area contributed by atoms with Gasteiger partial charge < -0.3 is 9.84 Å². The van der Waals surface area contributed by atoms with E-state index in [1.165, 1.54) is 22.8 Å². The second-order valence-electron chi connectivity index (χ2n) is 9.36. The highest BCUT2D eigenvalue weighted by atomic mass is 79.9. The first kappa shape index (κ1) is 28.4. The van der Waals surface area contributed by atoms with E-state index in [4.69, 9.17) is 9.73 Å². The summed E-state index contributed by atoms with van der Waals surface area (Å²) in [5, 5.41) is 21.9. The third kappa shape index (κ3) is 5.60. The van der Waals surface area contributed by atoms with Crippen LogP contribution in [0.2, 0.25) is 0 Å². The van der Waals surface area contributed by atoms with Gasteiger partial charge >= 0.3 is 5.97 Å². The fourth-order valence-electron chi connectivity index (χ4n) is 4.46. The quantitative estimate of drug-likeness (QED) is 0.215. The van der Waals surface area contributed by atoms with Crippen molar-refractivity contribution >= 4 is 45.0 Å². The molecule has 0 amide bonds. The standard InChI is InChI=1S/C28H28BrN3O6S/c1-5-7-21-23(27(35)38-6-2)24(17-10-8-16(9-11-17)15(3)4)31-26(34)22(39-28(31)30-21)13-18-12-19(32(36)37)14-20(29)25(18)33/h8-15,24,33H,5-7H2,1-4H3/b22-13-/t24-/m0/s1. The van der Waals surface area contributed by atoms with E-state index < -0.39 is 22.5 Å². The van der Waals surface area contributed by atoms with Gasteiger partial charge in [-0.1, -0.05) is 62.8 Å². The second kappa shape index (κ2) is 11.7. The molecule has 0 fully saturated rings. The number of allylic oxidation sites excluding steroid dienone is 1. The minimum absolute atomic E-state index is 0.109. The van der Waals surface area contributed by atoms with Gasteiger partial charge in [0.2, 0.25) is 0 Å². The Labute approximate surface area is 237 Å². The highest BCUT2D eigenvalue weighted by molar-refractivity contribution is 9.10. The van der Waals surface area contributed by atoms with Crippen molar-refractivity contribution in [3.05, 3.63) is 98.6 Å². The van der Waals surface area contributed by atoms with E-state index in [0.29, 0.717) is 28.4 Å². The zero-order chi connectivity index (χ0) is 28.4. The molecule has 39 heavy (non-hydrogen) atoms. The van der Waals surface area contributed by atoms with Crippen molar-refractivity contribution in [1.82, 2.24) is 4.57 Å². The first-order chi connectivity index (χ1) is 18.6. The second-order valence-corrected chi connectivity index (χ2v) is 11.2. The summed E-state index contributed by atoms with van der Waals surface area (Å²) in [7, 11) is 0. The molecule has 4 rings (SSSR count). The molecule has 0 saturated carbocycles. The van der Waals surface area contributed by atoms with E-state index in [0.717, 1.165) is 28.9 Å². The van der Waals surface area contributed by atoms with E-state index in [-0.39, 0.29) is 32.6 Å². The SMILES string of the molecule is CCCC1=C(C(=O)OCC)[C@H](c2ccc(C(C)C)cc2)n2c(s/c(=C\c3cc([N+](=O)[O-])cc(Br)c3O)c2=O)=N1. The lowest BCUT2D eigenvalue weighted by Gasteiger charge is -2.26. The third-order valence-electron chi connectivity index (χ3n) is 6.39. The zero-order valence-electron chi connectivity index (χ0n) is 21.9. The topological polar surface area (TPSA) is 124 Å². The van der Waals surface area contributed by atoms with Gasteiger partial charge in [-0.15, -0.1) is 0 Å². The first-order valence-electron chi connectivity index (χ1n) is 12.6. The number of nitro groups is 1. The summed E-state index contributed by atoms with van der Waals surface area (Å²) in [6.07, 6.45) is 2.65. The van der Waals surface area contributed by atoms with Gasteiger partial charge in [0, 0.05) is 17.7 Å². The summed E-state index contributed by atoms with van der Waals surface area (Å²) in [5.41, 5.74) is 2.16. The van der Waals surface area contributed by atoms with Crippen LogP contribution < -0.4 is 14.9 Å². The van der Waals surface area contributed by atoms with Crippen LogP contribution in [0.1, 0.15) is 69.2 Å². The molecule has 0 saturated heterocycles. The van der Waals surface area contributed by atoms with Gasteiger partial charge in [-0.05, 0) is 52.4 Å². The molecule has 1 aromatic heterocycles. The van der Waals surface area contributed by atoms with E-state index in [9.17, 15) is 24.8 Å². The van der Waals surface area contributed by atoms with Gasteiger partial charge in [0.25, 0.3) is 11.2 Å². The number of aromatic nitrogens is 1. The molecule has 0 bridgehead atoms. The molecule has 1 N–H and O–H groups in total. The van der Waals surface area contributed by atoms with Crippen molar-refractivity contribution in [2.24, 2.45) is 4.99 Å². The van der Waals surface area contributed by atoms with Crippen LogP contribution in [0, 0.1) is 10.1 Å². The number of ether oxygens (including phenoxy) is 1. The fraction of sp³-hybridized carbons (Fsp3) is 0.321. The minimum atomic E-state index is -0.768. The van der Waals surface area contributed by atoms with E-state index in [2.05, 4.69) is 29.8 Å². The summed E-state index contributed by atoms with van der Waals surface area (Å²) < 4.78 is 7.23. The normalized spacial score (nSPS) is 15.3. The Bertz CT molecular complexity index is 1650. The number of carbonyl (C=O) groups excluding carboxylic acids is 1. The summed E-state index contributed by atoms with van der Waals surface area (Å²) >= 11 is 4.24. The Balaban J connectivity index is 2.01. The monoisotopic (exact) mass is 613 g/mol. The van der Waals surface area contributed by atoms with Crippen LogP contribution in [0.4, 0.5) is 5.69 Å². The molecule has 0 radical (unpaired) electrons. The van der Waals surface area contributed by atoms with Gasteiger partial charge in [-0.3, -0.25) is 19.5 Å². The molecular weight excluding hydrogens is 586 g/mol. The number of non-ortho nitro benzene ring substituents is 1. The predicted octanol–water partition coefficient (Wildman–Crippen LogP) is 5.08. The van der Waals surface area contributed by atoms with Crippen LogP contribution in [0.25, 0.3) is 6.08 Å². The predicted molar refractivity (Wildman–Crippen MR) is 153 cm³/mol. The molecular formula is C28H28BrN3O6S. The number of esters is 1. The van der Waals surface area contributed by atoms with Gasteiger partial charge in [-0.2, -0.15) is 0 Å². The van der Waals surface area contributed by atoms with Crippen LogP contribution in [0.3, 0.4) is 0 Å². The lowest BCUT2D eigenvalue weighted by atomic mass is 9.92. The summed E-state index contributed by atoms with van der Waals surface area (Å²) in [4.78, 5) is 43.0. The number of aromatic hydroxyl groups is 1. The van der Waals surface area contributed by atoms with Crippen molar-refractivity contribution in [2.75, 3.05) is 6.61 Å². The number of carbonyl (C=O) groups is 1. The number of benzene rings is 2. The maximum absolute atomic E-state index is 13.9. The van der Waals surface area contributed by atoms with Crippen molar-refractivity contribution in [2.45, 2.75) is 52.5 Å². The first-order valence-corrected chi connectivity index (χ1v) is 14.2. The van der Waals surface area contributed by atoms with Crippen molar-refractivity contribution in [3.8, 4) is 5.75 Å². The number of hydrogen-bond acceptors (Lipinski definition) is 8. The Morgan fingerprint density at radius 3 is 2.56 bits per heavy atom. The van der Waals surface area contributed by atoms with E-state index >= 15 is 0 Å². The number of rotatable bonds is 8. The number of phenolic OH excluding ortho intramolecular Hbond substituents is 1. The lowest BCUT2D eigenvalue weighted by molar-refractivity contribution is -0.385. The highest BCUT2D eigenvalue weighted by Crippen LogP contribution is 2.34. The smallest absolute Gasteiger partial charge is 0.338 e. The van der Waals surface area contributed by atoms with Gasteiger partial charge in [0.1, 0.15) is 5.75 Å². The molecule has 1 aliphatic heterocycles. The van der Waals surface area contributed by atoms with Gasteiger partial charge in [-0.25, -0.2) is 9.79 Å². The average Bonchev–Trinajstić information content (AvgIpc) is 3.20. The molecule has 9 nitrogen and oxygen atoms in total. The van der Waals surface area contributed by atoms with Crippen LogP contribution >= 0.6 is 27.3 Å². The van der Waals surface area contributed by atoms with Crippen molar-refractivity contribution in [1.29, 1.82) is 0 Å². The Morgan fingerprint density at radius 2 is 1.97 bits per heavy atom. The summed E-state index contributed by atoms with van der Waals surface area (Å²) in [5.74, 6) is -0.456.